The van der Waals surface area contributed by atoms with E-state index in [0.717, 1.165) is 99.1 Å². The van der Waals surface area contributed by atoms with Gasteiger partial charge in [0.1, 0.15) is 6.04 Å². The van der Waals surface area contributed by atoms with Gasteiger partial charge >= 0.3 is 0 Å². The number of guanidine groups is 1. The number of amides is 5. The topological polar surface area (TPSA) is 178 Å². The van der Waals surface area contributed by atoms with Crippen LogP contribution in [0.2, 0.25) is 0 Å². The number of aromatic nitrogens is 3. The number of piperidine rings is 1. The first-order chi connectivity index (χ1) is 30.9. The van der Waals surface area contributed by atoms with E-state index in [2.05, 4.69) is 65.4 Å². The number of hydrogen-bond acceptors (Lipinski definition) is 13. The van der Waals surface area contributed by atoms with E-state index in [-0.39, 0.29) is 18.7 Å². The van der Waals surface area contributed by atoms with E-state index in [9.17, 15) is 24.0 Å². The fourth-order valence-corrected chi connectivity index (χ4v) is 10.1. The van der Waals surface area contributed by atoms with Gasteiger partial charge in [0.2, 0.25) is 23.7 Å². The molecule has 4 aromatic rings. The first-order valence-electron chi connectivity index (χ1n) is 22.5. The van der Waals surface area contributed by atoms with Crippen LogP contribution in [-0.2, 0) is 23.2 Å². The van der Waals surface area contributed by atoms with Crippen molar-refractivity contribution in [1.82, 2.24) is 34.8 Å². The van der Waals surface area contributed by atoms with E-state index in [0.29, 0.717) is 64.9 Å². The summed E-state index contributed by atoms with van der Waals surface area (Å²) in [6, 6.07) is 14.5. The van der Waals surface area contributed by atoms with Gasteiger partial charge in [0, 0.05) is 89.3 Å². The van der Waals surface area contributed by atoms with Crippen LogP contribution in [0.15, 0.2) is 59.7 Å². The number of anilines is 3. The minimum atomic E-state index is -0.975. The molecular formula is C47H53N11O6. The third kappa shape index (κ3) is 8.02. The van der Waals surface area contributed by atoms with Gasteiger partial charge in [0.05, 0.1) is 46.6 Å². The maximum atomic E-state index is 13.8. The van der Waals surface area contributed by atoms with Gasteiger partial charge in [-0.2, -0.15) is 10.1 Å². The highest BCUT2D eigenvalue weighted by molar-refractivity contribution is 6.24. The molecule has 6 aliphatic rings. The summed E-state index contributed by atoms with van der Waals surface area (Å²) in [7, 11) is 1.85. The monoisotopic (exact) mass is 867 g/mol. The molecule has 1 unspecified atom stereocenters. The summed E-state index contributed by atoms with van der Waals surface area (Å²) in [4.78, 5) is 84.6. The molecule has 3 saturated heterocycles. The van der Waals surface area contributed by atoms with Crippen molar-refractivity contribution in [2.45, 2.75) is 58.5 Å². The Bertz CT molecular complexity index is 2600. The number of benzene rings is 2. The molecule has 17 heteroatoms. The van der Waals surface area contributed by atoms with Gasteiger partial charge in [-0.05, 0) is 92.5 Å². The van der Waals surface area contributed by atoms with Crippen molar-refractivity contribution < 1.29 is 28.7 Å². The molecule has 2 aromatic heterocycles. The number of nitrogens with one attached hydrogen (secondary N) is 2. The van der Waals surface area contributed by atoms with Crippen molar-refractivity contribution in [2.24, 2.45) is 23.9 Å². The molecule has 3 atom stereocenters. The highest BCUT2D eigenvalue weighted by Gasteiger charge is 2.45. The van der Waals surface area contributed by atoms with Crippen molar-refractivity contribution >= 4 is 52.6 Å². The fourth-order valence-electron chi connectivity index (χ4n) is 10.1. The summed E-state index contributed by atoms with van der Waals surface area (Å²) in [5.41, 5.74) is 7.21. The molecule has 332 valence electrons. The van der Waals surface area contributed by atoms with E-state index in [1.165, 1.54) is 5.56 Å². The molecule has 6 aliphatic heterocycles. The number of aliphatic imine (C=N–C) groups is 1. The first kappa shape index (κ1) is 41.5. The summed E-state index contributed by atoms with van der Waals surface area (Å²) >= 11 is 0. The highest BCUT2D eigenvalue weighted by Crippen LogP contribution is 2.37. The van der Waals surface area contributed by atoms with Gasteiger partial charge in [-0.25, -0.2) is 4.68 Å². The number of ether oxygens (including phenoxy) is 1. The fraction of sp³-hybridized carbons (Fsp3) is 0.447. The minimum Gasteiger partial charge on any atom is -0.477 e. The van der Waals surface area contributed by atoms with Crippen LogP contribution in [0.4, 0.5) is 17.1 Å². The van der Waals surface area contributed by atoms with Gasteiger partial charge in [-0.3, -0.25) is 44.1 Å². The van der Waals surface area contributed by atoms with E-state index in [1.54, 1.807) is 35.1 Å². The average Bonchev–Trinajstić information content (AvgIpc) is 4.04. The van der Waals surface area contributed by atoms with Crippen LogP contribution in [0, 0.1) is 18.8 Å². The van der Waals surface area contributed by atoms with Crippen LogP contribution in [0.3, 0.4) is 0 Å². The molecular weight excluding hydrogens is 815 g/mol. The predicted octanol–water partition coefficient (Wildman–Crippen LogP) is 4.07. The van der Waals surface area contributed by atoms with E-state index < -0.39 is 29.7 Å². The van der Waals surface area contributed by atoms with Gasteiger partial charge in [-0.15, -0.1) is 0 Å². The van der Waals surface area contributed by atoms with E-state index in [4.69, 9.17) is 9.72 Å². The molecule has 5 amide bonds. The van der Waals surface area contributed by atoms with Crippen LogP contribution in [0.1, 0.15) is 81.4 Å². The summed E-state index contributed by atoms with van der Waals surface area (Å²) in [5, 5.41) is 10.1. The summed E-state index contributed by atoms with van der Waals surface area (Å²) < 4.78 is 7.96. The molecule has 0 aliphatic carbocycles. The summed E-state index contributed by atoms with van der Waals surface area (Å²) in [6.07, 6.45) is 4.78. The van der Waals surface area contributed by atoms with Crippen LogP contribution in [0.5, 0.6) is 5.88 Å². The van der Waals surface area contributed by atoms with Crippen LogP contribution in [-0.4, -0.2) is 130 Å². The molecule has 2 bridgehead atoms. The average molecular weight is 868 g/mol. The Kier molecular flexibility index (Phi) is 11.0. The molecule has 0 spiro atoms. The Hall–Kier alpha value is -6.46. The zero-order valence-corrected chi connectivity index (χ0v) is 36.5. The number of carbonyl (C=O) groups is 5. The number of carbonyl (C=O) groups excluding carboxylic acids is 5. The lowest BCUT2D eigenvalue weighted by Crippen LogP contribution is -2.54. The van der Waals surface area contributed by atoms with Crippen molar-refractivity contribution in [2.75, 3.05) is 74.1 Å². The van der Waals surface area contributed by atoms with Crippen LogP contribution in [0.25, 0.3) is 11.3 Å². The minimum absolute atomic E-state index is 0.0916. The normalized spacial score (nSPS) is 23.9. The molecule has 2 aromatic carbocycles. The molecule has 2 N–H and O–H groups in total. The Balaban J connectivity index is 0.762. The smallest absolute Gasteiger partial charge is 0.280 e. The molecule has 17 nitrogen and oxygen atoms in total. The van der Waals surface area contributed by atoms with Crippen LogP contribution >= 0.6 is 0 Å². The predicted molar refractivity (Wildman–Crippen MR) is 239 cm³/mol. The zero-order valence-electron chi connectivity index (χ0n) is 36.5. The van der Waals surface area contributed by atoms with E-state index in [1.807, 2.05) is 20.0 Å². The number of aryl methyl sites for hydroxylation is 2. The van der Waals surface area contributed by atoms with Crippen molar-refractivity contribution in [3.8, 4) is 17.1 Å². The Morgan fingerprint density at radius 3 is 2.47 bits per heavy atom. The van der Waals surface area contributed by atoms with Gasteiger partial charge in [0.25, 0.3) is 17.7 Å². The summed E-state index contributed by atoms with van der Waals surface area (Å²) in [6.45, 7) is 12.7. The second-order valence-electron chi connectivity index (χ2n) is 18.1. The third-order valence-corrected chi connectivity index (χ3v) is 13.5. The Morgan fingerprint density at radius 1 is 0.828 bits per heavy atom. The maximum absolute atomic E-state index is 13.8. The molecule has 8 heterocycles. The molecule has 64 heavy (non-hydrogen) atoms. The van der Waals surface area contributed by atoms with E-state index >= 15 is 0 Å². The quantitative estimate of drug-likeness (QED) is 0.266. The summed E-state index contributed by atoms with van der Waals surface area (Å²) in [5.74, 6) is -0.380. The zero-order chi connectivity index (χ0) is 44.2. The maximum Gasteiger partial charge on any atom is 0.280 e. The molecule has 0 saturated carbocycles. The van der Waals surface area contributed by atoms with Gasteiger partial charge in [-0.1, -0.05) is 13.0 Å². The Labute approximate surface area is 371 Å². The second kappa shape index (κ2) is 16.9. The number of fused-ring (bicyclic) bond motifs is 8. The second-order valence-corrected chi connectivity index (χ2v) is 18.1. The SMILES string of the molecule is Cc1cc2cc(n1)-c1cnn(C)c1OCCC[C@@H](C)CN1/C(=N/C2=O)Nc2ccc(CN3CCN(C[C@H]4CCN(c5ccc6c(c5)C(=O)N(C5CCC(=O)NC5=O)C6=O)C4)CC3)cc21. The lowest BCUT2D eigenvalue weighted by molar-refractivity contribution is -0.136. The van der Waals surface area contributed by atoms with Gasteiger partial charge < -0.3 is 24.8 Å². The standard InChI is InChI=1S/C47H53N11O6/c1-28-5-4-18-64-46-36(23-48-53(46)3)38-21-32(19-29(2)49-38)42(60)52-47-50-37-9-6-30(20-40(37)57(47)24-28)25-54-14-16-55(17-15-54)26-31-12-13-56(27-31)33-7-8-34-35(22-33)45(63)58(44(34)62)39-10-11-41(59)51-43(39)61/h6-9,19-23,28,31,39H,4-5,10-18,24-27H2,1-3H3,(H,50,52,60)(H,51,59,61)/t28-,31-,39?/m1/s1. The number of hydrogen-bond donors (Lipinski definition) is 2. The largest absolute Gasteiger partial charge is 0.477 e. The first-order valence-corrected chi connectivity index (χ1v) is 22.5. The molecule has 3 fully saturated rings. The third-order valence-electron chi connectivity index (χ3n) is 13.5. The number of pyridine rings is 1. The highest BCUT2D eigenvalue weighted by atomic mass is 16.5. The number of nitrogens with zero attached hydrogens (tertiary/aromatic N) is 9. The number of rotatable bonds is 6. The molecule has 10 rings (SSSR count). The molecule has 0 radical (unpaired) electrons. The lowest BCUT2D eigenvalue weighted by atomic mass is 10.0. The van der Waals surface area contributed by atoms with Gasteiger partial charge in [0.15, 0.2) is 0 Å². The number of imide groups is 2. The Morgan fingerprint density at radius 2 is 1.64 bits per heavy atom. The van der Waals surface area contributed by atoms with Crippen LogP contribution < -0.4 is 25.2 Å². The lowest BCUT2D eigenvalue weighted by Gasteiger charge is -2.36. The van der Waals surface area contributed by atoms with Crippen molar-refractivity contribution in [3.05, 3.63) is 82.7 Å². The number of piperazine rings is 1. The van der Waals surface area contributed by atoms with Crippen molar-refractivity contribution in [1.29, 1.82) is 0 Å². The van der Waals surface area contributed by atoms with Crippen molar-refractivity contribution in [3.63, 3.8) is 0 Å².